The van der Waals surface area contributed by atoms with Crippen LogP contribution in [0, 0.1) is 0 Å². The molecule has 0 radical (unpaired) electrons. The zero-order chi connectivity index (χ0) is 13.5. The molecule has 0 aliphatic rings. The number of methoxy groups -OCH3 is 1. The molecule has 98 valence electrons. The van der Waals surface area contributed by atoms with Crippen LogP contribution in [0.5, 0.6) is 11.5 Å². The molecule has 1 aromatic rings. The second kappa shape index (κ2) is 7.00. The van der Waals surface area contributed by atoms with Crippen molar-refractivity contribution in [3.8, 4) is 11.5 Å². The fraction of sp³-hybridized carbons (Fsp3) is 0.333. The molecular weight excluding hydrogens is 300 g/mol. The highest BCUT2D eigenvalue weighted by atomic mass is 79.9. The minimum Gasteiger partial charge on any atom is -0.493 e. The summed E-state index contributed by atoms with van der Waals surface area (Å²) >= 11 is 3.41. The summed E-state index contributed by atoms with van der Waals surface area (Å²) in [6.45, 7) is 3.85. The first-order chi connectivity index (χ1) is 8.58. The van der Waals surface area contributed by atoms with Gasteiger partial charge >= 0.3 is 0 Å². The number of carbonyl (C=O) groups excluding carboxylic acids is 1. The van der Waals surface area contributed by atoms with Crippen molar-refractivity contribution in [2.45, 2.75) is 13.8 Å². The SMILES string of the molecule is CCOc1c(Br)cc(/C=N\NC(C)=O)cc1OC. The summed E-state index contributed by atoms with van der Waals surface area (Å²) in [4.78, 5) is 10.7. The van der Waals surface area contributed by atoms with E-state index in [0.29, 0.717) is 18.1 Å². The Morgan fingerprint density at radius 2 is 2.28 bits per heavy atom. The third kappa shape index (κ3) is 4.03. The predicted molar refractivity (Wildman–Crippen MR) is 73.3 cm³/mol. The largest absolute Gasteiger partial charge is 0.493 e. The highest BCUT2D eigenvalue weighted by Crippen LogP contribution is 2.36. The second-order valence-electron chi connectivity index (χ2n) is 3.39. The Morgan fingerprint density at radius 1 is 1.56 bits per heavy atom. The summed E-state index contributed by atoms with van der Waals surface area (Å²) in [7, 11) is 1.57. The van der Waals surface area contributed by atoms with Gasteiger partial charge in [0.15, 0.2) is 11.5 Å². The number of nitrogens with one attached hydrogen (secondary N) is 1. The van der Waals surface area contributed by atoms with Crippen molar-refractivity contribution in [3.63, 3.8) is 0 Å². The van der Waals surface area contributed by atoms with Crippen molar-refractivity contribution >= 4 is 28.1 Å². The van der Waals surface area contributed by atoms with Gasteiger partial charge in [0, 0.05) is 6.92 Å². The number of rotatable bonds is 5. The van der Waals surface area contributed by atoms with Crippen molar-refractivity contribution in [2.75, 3.05) is 13.7 Å². The molecule has 18 heavy (non-hydrogen) atoms. The summed E-state index contributed by atoms with van der Waals surface area (Å²) in [5.41, 5.74) is 3.12. The molecule has 0 saturated carbocycles. The van der Waals surface area contributed by atoms with E-state index >= 15 is 0 Å². The Balaban J connectivity index is 2.99. The third-order valence-corrected chi connectivity index (χ3v) is 2.57. The summed E-state index contributed by atoms with van der Waals surface area (Å²) < 4.78 is 11.5. The van der Waals surface area contributed by atoms with Crippen molar-refractivity contribution in [2.24, 2.45) is 5.10 Å². The van der Waals surface area contributed by atoms with Gasteiger partial charge in [0.05, 0.1) is 24.4 Å². The van der Waals surface area contributed by atoms with E-state index in [-0.39, 0.29) is 5.91 Å². The number of ether oxygens (including phenoxy) is 2. The number of hydrogen-bond acceptors (Lipinski definition) is 4. The molecule has 1 aromatic carbocycles. The third-order valence-electron chi connectivity index (χ3n) is 1.98. The highest BCUT2D eigenvalue weighted by molar-refractivity contribution is 9.10. The van der Waals surface area contributed by atoms with Gasteiger partial charge in [-0.2, -0.15) is 5.10 Å². The molecule has 0 saturated heterocycles. The van der Waals surface area contributed by atoms with Crippen LogP contribution in [-0.2, 0) is 4.79 Å². The highest BCUT2D eigenvalue weighted by Gasteiger charge is 2.10. The molecule has 0 aliphatic carbocycles. The Bertz CT molecular complexity index is 461. The van der Waals surface area contributed by atoms with Crippen LogP contribution >= 0.6 is 15.9 Å². The van der Waals surface area contributed by atoms with Gasteiger partial charge in [0.25, 0.3) is 0 Å². The molecule has 0 aliphatic heterocycles. The van der Waals surface area contributed by atoms with Crippen LogP contribution in [0.1, 0.15) is 19.4 Å². The van der Waals surface area contributed by atoms with E-state index in [1.165, 1.54) is 13.1 Å². The number of amides is 1. The van der Waals surface area contributed by atoms with Gasteiger partial charge in [-0.05, 0) is 40.5 Å². The molecule has 6 heteroatoms. The van der Waals surface area contributed by atoms with Crippen LogP contribution < -0.4 is 14.9 Å². The van der Waals surface area contributed by atoms with Crippen LogP contribution in [0.2, 0.25) is 0 Å². The molecule has 0 bridgehead atoms. The van der Waals surface area contributed by atoms with Gasteiger partial charge in [-0.1, -0.05) is 0 Å². The molecule has 0 spiro atoms. The lowest BCUT2D eigenvalue weighted by Crippen LogP contribution is -2.12. The average Bonchev–Trinajstić information content (AvgIpc) is 2.31. The van der Waals surface area contributed by atoms with Crippen molar-refractivity contribution < 1.29 is 14.3 Å². The minimum absolute atomic E-state index is 0.219. The average molecular weight is 315 g/mol. The summed E-state index contributed by atoms with van der Waals surface area (Å²) in [6, 6.07) is 3.61. The van der Waals surface area contributed by atoms with Gasteiger partial charge in [0.2, 0.25) is 5.91 Å². The van der Waals surface area contributed by atoms with E-state index in [1.54, 1.807) is 13.2 Å². The Morgan fingerprint density at radius 3 is 2.83 bits per heavy atom. The quantitative estimate of drug-likeness (QED) is 0.670. The molecule has 1 rings (SSSR count). The maximum atomic E-state index is 10.7. The summed E-state index contributed by atoms with van der Waals surface area (Å²) in [5.74, 6) is 1.04. The molecular formula is C12H15BrN2O3. The van der Waals surface area contributed by atoms with E-state index in [9.17, 15) is 4.79 Å². The van der Waals surface area contributed by atoms with Crippen LogP contribution in [0.25, 0.3) is 0 Å². The van der Waals surface area contributed by atoms with E-state index in [1.807, 2.05) is 13.0 Å². The first-order valence-electron chi connectivity index (χ1n) is 5.38. The molecule has 0 aromatic heterocycles. The normalized spacial score (nSPS) is 10.4. The Hall–Kier alpha value is -1.56. The molecule has 5 nitrogen and oxygen atoms in total. The number of nitrogens with zero attached hydrogens (tertiary/aromatic N) is 1. The van der Waals surface area contributed by atoms with Gasteiger partial charge in [-0.15, -0.1) is 0 Å². The monoisotopic (exact) mass is 314 g/mol. The van der Waals surface area contributed by atoms with Crippen LogP contribution in [0.15, 0.2) is 21.7 Å². The Labute approximate surface area is 114 Å². The van der Waals surface area contributed by atoms with Gasteiger partial charge in [-0.3, -0.25) is 4.79 Å². The maximum Gasteiger partial charge on any atom is 0.236 e. The second-order valence-corrected chi connectivity index (χ2v) is 4.25. The molecule has 0 fully saturated rings. The van der Waals surface area contributed by atoms with Crippen LogP contribution in [-0.4, -0.2) is 25.8 Å². The number of halogens is 1. The number of hydrogen-bond donors (Lipinski definition) is 1. The fourth-order valence-corrected chi connectivity index (χ4v) is 1.87. The topological polar surface area (TPSA) is 59.9 Å². The number of hydrazone groups is 1. The van der Waals surface area contributed by atoms with Crippen LogP contribution in [0.4, 0.5) is 0 Å². The summed E-state index contributed by atoms with van der Waals surface area (Å²) in [6.07, 6.45) is 1.53. The summed E-state index contributed by atoms with van der Waals surface area (Å²) in [5, 5.41) is 3.79. The minimum atomic E-state index is -0.219. The lowest BCUT2D eigenvalue weighted by molar-refractivity contribution is -0.118. The number of carbonyl (C=O) groups is 1. The molecule has 0 unspecified atom stereocenters. The van der Waals surface area contributed by atoms with Gasteiger partial charge in [-0.25, -0.2) is 5.43 Å². The molecule has 1 N–H and O–H groups in total. The van der Waals surface area contributed by atoms with Crippen molar-refractivity contribution in [1.82, 2.24) is 5.43 Å². The van der Waals surface area contributed by atoms with Crippen LogP contribution in [0.3, 0.4) is 0 Å². The van der Waals surface area contributed by atoms with E-state index < -0.39 is 0 Å². The van der Waals surface area contributed by atoms with Gasteiger partial charge < -0.3 is 9.47 Å². The predicted octanol–water partition coefficient (Wildman–Crippen LogP) is 2.33. The lowest BCUT2D eigenvalue weighted by atomic mass is 10.2. The standard InChI is InChI=1S/C12H15BrN2O3/c1-4-18-12-10(13)5-9(6-11(12)17-3)7-14-15-8(2)16/h5-7H,4H2,1-3H3,(H,15,16)/b14-7-. The zero-order valence-electron chi connectivity index (χ0n) is 10.5. The van der Waals surface area contributed by atoms with Crippen molar-refractivity contribution in [3.05, 3.63) is 22.2 Å². The molecule has 0 heterocycles. The zero-order valence-corrected chi connectivity index (χ0v) is 12.1. The number of benzene rings is 1. The van der Waals surface area contributed by atoms with Crippen molar-refractivity contribution in [1.29, 1.82) is 0 Å². The van der Waals surface area contributed by atoms with E-state index in [4.69, 9.17) is 9.47 Å². The fourth-order valence-electron chi connectivity index (χ4n) is 1.30. The lowest BCUT2D eigenvalue weighted by Gasteiger charge is -2.11. The smallest absolute Gasteiger partial charge is 0.236 e. The van der Waals surface area contributed by atoms with E-state index in [2.05, 4.69) is 26.5 Å². The first-order valence-corrected chi connectivity index (χ1v) is 6.17. The first kappa shape index (κ1) is 14.5. The molecule has 1 amide bonds. The maximum absolute atomic E-state index is 10.7. The van der Waals surface area contributed by atoms with Gasteiger partial charge in [0.1, 0.15) is 0 Å². The Kier molecular flexibility index (Phi) is 5.64. The molecule has 0 atom stereocenters. The van der Waals surface area contributed by atoms with E-state index in [0.717, 1.165) is 10.0 Å².